The highest BCUT2D eigenvalue weighted by molar-refractivity contribution is 7.90. The molecular weight excluding hydrogens is 192 g/mol. The summed E-state index contributed by atoms with van der Waals surface area (Å²) in [5, 5.41) is 0. The Morgan fingerprint density at radius 2 is 2.08 bits per heavy atom. The first kappa shape index (κ1) is 10.5. The Kier molecular flexibility index (Phi) is 3.68. The molecule has 13 heavy (non-hydrogen) atoms. The van der Waals surface area contributed by atoms with Crippen LogP contribution in [0, 0.1) is 0 Å². The lowest BCUT2D eigenvalue weighted by molar-refractivity contribution is 0.0701. The van der Waals surface area contributed by atoms with Crippen molar-refractivity contribution in [2.75, 3.05) is 32.1 Å². The molecule has 0 saturated carbocycles. The number of sulfonamides is 1. The van der Waals surface area contributed by atoms with E-state index in [1.165, 1.54) is 6.34 Å². The highest BCUT2D eigenvalue weighted by Crippen LogP contribution is 1.95. The van der Waals surface area contributed by atoms with Crippen LogP contribution >= 0.6 is 0 Å². The SMILES string of the molecule is CCS(=O)(=O)/N=C/N1CCOCC1. The predicted molar refractivity (Wildman–Crippen MR) is 50.3 cm³/mol. The zero-order valence-electron chi connectivity index (χ0n) is 7.64. The van der Waals surface area contributed by atoms with Crippen molar-refractivity contribution in [3.63, 3.8) is 0 Å². The first-order chi connectivity index (χ1) is 6.14. The molecule has 0 atom stereocenters. The van der Waals surface area contributed by atoms with E-state index in [9.17, 15) is 8.42 Å². The van der Waals surface area contributed by atoms with Gasteiger partial charge in [-0.2, -0.15) is 4.40 Å². The van der Waals surface area contributed by atoms with Crippen LogP contribution in [-0.4, -0.2) is 51.7 Å². The number of morpholine rings is 1. The third-order valence-electron chi connectivity index (χ3n) is 1.78. The van der Waals surface area contributed by atoms with Crippen LogP contribution < -0.4 is 0 Å². The second-order valence-electron chi connectivity index (χ2n) is 2.74. The topological polar surface area (TPSA) is 59.0 Å². The van der Waals surface area contributed by atoms with Crippen LogP contribution in [0.25, 0.3) is 0 Å². The highest BCUT2D eigenvalue weighted by atomic mass is 32.2. The molecule has 0 aliphatic carbocycles. The van der Waals surface area contributed by atoms with E-state index in [1.807, 2.05) is 4.90 Å². The number of ether oxygens (including phenoxy) is 1. The molecule has 1 saturated heterocycles. The van der Waals surface area contributed by atoms with Gasteiger partial charge >= 0.3 is 0 Å². The molecule has 0 spiro atoms. The van der Waals surface area contributed by atoms with Gasteiger partial charge < -0.3 is 9.64 Å². The Morgan fingerprint density at radius 1 is 1.46 bits per heavy atom. The van der Waals surface area contributed by atoms with Crippen LogP contribution in [-0.2, 0) is 14.8 Å². The summed E-state index contributed by atoms with van der Waals surface area (Å²) in [5.74, 6) is 0.0494. The second-order valence-corrected chi connectivity index (χ2v) is 4.69. The smallest absolute Gasteiger partial charge is 0.254 e. The molecular formula is C7H14N2O3S. The standard InChI is InChI=1S/C7H14N2O3S/c1-2-13(10,11)8-7-9-3-5-12-6-4-9/h7H,2-6H2,1H3/b8-7+. The summed E-state index contributed by atoms with van der Waals surface area (Å²) >= 11 is 0. The van der Waals surface area contributed by atoms with E-state index >= 15 is 0 Å². The van der Waals surface area contributed by atoms with Crippen molar-refractivity contribution in [3.8, 4) is 0 Å². The molecule has 1 fully saturated rings. The molecule has 0 radical (unpaired) electrons. The monoisotopic (exact) mass is 206 g/mol. The van der Waals surface area contributed by atoms with E-state index < -0.39 is 10.0 Å². The van der Waals surface area contributed by atoms with E-state index in [0.29, 0.717) is 26.3 Å². The summed E-state index contributed by atoms with van der Waals surface area (Å²) in [5.41, 5.74) is 0. The van der Waals surface area contributed by atoms with Crippen LogP contribution in [0.3, 0.4) is 0 Å². The van der Waals surface area contributed by atoms with E-state index in [4.69, 9.17) is 4.74 Å². The molecule has 0 unspecified atom stereocenters. The van der Waals surface area contributed by atoms with E-state index in [-0.39, 0.29) is 5.75 Å². The molecule has 1 aliphatic heterocycles. The summed E-state index contributed by atoms with van der Waals surface area (Å²) in [6.45, 7) is 4.27. The van der Waals surface area contributed by atoms with Crippen LogP contribution in [0.4, 0.5) is 0 Å². The molecule has 0 aromatic carbocycles. The summed E-state index contributed by atoms with van der Waals surface area (Å²) in [7, 11) is -3.23. The lowest BCUT2D eigenvalue weighted by atomic mass is 10.5. The highest BCUT2D eigenvalue weighted by Gasteiger charge is 2.08. The zero-order chi connectivity index (χ0) is 9.73. The zero-order valence-corrected chi connectivity index (χ0v) is 8.46. The van der Waals surface area contributed by atoms with Crippen molar-refractivity contribution in [2.24, 2.45) is 4.40 Å². The minimum absolute atomic E-state index is 0.0494. The predicted octanol–water partition coefficient (Wildman–Crippen LogP) is -0.303. The molecule has 0 aromatic heterocycles. The number of nitrogens with zero attached hydrogens (tertiary/aromatic N) is 2. The molecule has 5 nitrogen and oxygen atoms in total. The fourth-order valence-electron chi connectivity index (χ4n) is 0.906. The average Bonchev–Trinajstić information content (AvgIpc) is 2.17. The van der Waals surface area contributed by atoms with E-state index in [0.717, 1.165) is 0 Å². The molecule has 1 heterocycles. The molecule has 0 N–H and O–H groups in total. The van der Waals surface area contributed by atoms with Crippen molar-refractivity contribution < 1.29 is 13.2 Å². The van der Waals surface area contributed by atoms with E-state index in [2.05, 4.69) is 4.40 Å². The summed E-state index contributed by atoms with van der Waals surface area (Å²) in [4.78, 5) is 1.84. The van der Waals surface area contributed by atoms with E-state index in [1.54, 1.807) is 6.92 Å². The molecule has 0 amide bonds. The normalized spacial score (nSPS) is 19.6. The lowest BCUT2D eigenvalue weighted by Crippen LogP contribution is -2.35. The fraction of sp³-hybridized carbons (Fsp3) is 0.857. The van der Waals surface area contributed by atoms with Gasteiger partial charge in [0.1, 0.15) is 6.34 Å². The Hall–Kier alpha value is -0.620. The third kappa shape index (κ3) is 3.73. The van der Waals surface area contributed by atoms with Crippen molar-refractivity contribution in [1.82, 2.24) is 4.90 Å². The van der Waals surface area contributed by atoms with Gasteiger partial charge in [-0.3, -0.25) is 0 Å². The molecule has 6 heteroatoms. The maximum Gasteiger partial charge on any atom is 0.254 e. The molecule has 0 aromatic rings. The lowest BCUT2D eigenvalue weighted by Gasteiger charge is -2.23. The third-order valence-corrected chi connectivity index (χ3v) is 2.93. The molecule has 1 rings (SSSR count). The van der Waals surface area contributed by atoms with Gasteiger partial charge in [0.2, 0.25) is 0 Å². The van der Waals surface area contributed by atoms with Gasteiger partial charge in [-0.1, -0.05) is 0 Å². The minimum atomic E-state index is -3.23. The van der Waals surface area contributed by atoms with Gasteiger partial charge in [-0.25, -0.2) is 8.42 Å². The van der Waals surface area contributed by atoms with Crippen LogP contribution in [0.5, 0.6) is 0 Å². The Balaban J connectivity index is 2.47. The largest absolute Gasteiger partial charge is 0.378 e. The van der Waals surface area contributed by atoms with Crippen LogP contribution in [0.15, 0.2) is 4.40 Å². The van der Waals surface area contributed by atoms with Gasteiger partial charge in [-0.05, 0) is 6.92 Å². The Bertz CT molecular complexity index is 267. The van der Waals surface area contributed by atoms with Gasteiger partial charge in [-0.15, -0.1) is 0 Å². The van der Waals surface area contributed by atoms with Gasteiger partial charge in [0, 0.05) is 13.1 Å². The number of hydrogen-bond acceptors (Lipinski definition) is 3. The minimum Gasteiger partial charge on any atom is -0.378 e. The Morgan fingerprint density at radius 3 is 2.62 bits per heavy atom. The van der Waals surface area contributed by atoms with Crippen molar-refractivity contribution in [1.29, 1.82) is 0 Å². The van der Waals surface area contributed by atoms with Gasteiger partial charge in [0.15, 0.2) is 0 Å². The summed E-state index contributed by atoms with van der Waals surface area (Å²) < 4.78 is 30.6. The number of hydrogen-bond donors (Lipinski definition) is 0. The maximum absolute atomic E-state index is 11.0. The summed E-state index contributed by atoms with van der Waals surface area (Å²) in [6.07, 6.45) is 1.39. The fourth-order valence-corrected chi connectivity index (χ4v) is 1.33. The molecule has 0 bridgehead atoms. The van der Waals surface area contributed by atoms with Crippen molar-refractivity contribution in [2.45, 2.75) is 6.92 Å². The molecule has 1 aliphatic rings. The van der Waals surface area contributed by atoms with Crippen LogP contribution in [0.1, 0.15) is 6.92 Å². The first-order valence-electron chi connectivity index (χ1n) is 4.24. The van der Waals surface area contributed by atoms with Gasteiger partial charge in [0.05, 0.1) is 19.0 Å². The molecule has 76 valence electrons. The first-order valence-corrected chi connectivity index (χ1v) is 5.85. The Labute approximate surface area is 78.5 Å². The van der Waals surface area contributed by atoms with Gasteiger partial charge in [0.25, 0.3) is 10.0 Å². The second kappa shape index (κ2) is 4.57. The average molecular weight is 206 g/mol. The quantitative estimate of drug-likeness (QED) is 0.470. The summed E-state index contributed by atoms with van der Waals surface area (Å²) in [6, 6.07) is 0. The van der Waals surface area contributed by atoms with Crippen LogP contribution in [0.2, 0.25) is 0 Å². The maximum atomic E-state index is 11.0. The van der Waals surface area contributed by atoms with Crippen molar-refractivity contribution in [3.05, 3.63) is 0 Å². The van der Waals surface area contributed by atoms with Crippen molar-refractivity contribution >= 4 is 16.4 Å². The number of rotatable bonds is 3.